The van der Waals surface area contributed by atoms with Crippen molar-refractivity contribution in [2.45, 2.75) is 65.3 Å². The molecule has 5 heteroatoms. The van der Waals surface area contributed by atoms with E-state index in [1.807, 2.05) is 20.8 Å². The van der Waals surface area contributed by atoms with Gasteiger partial charge in [-0.05, 0) is 39.2 Å². The van der Waals surface area contributed by atoms with Gasteiger partial charge in [0.25, 0.3) is 0 Å². The summed E-state index contributed by atoms with van der Waals surface area (Å²) in [6.07, 6.45) is 3.59. The van der Waals surface area contributed by atoms with E-state index in [2.05, 4.69) is 18.3 Å². The molecule has 1 N–H and O–H groups in total. The molecule has 0 radical (unpaired) electrons. The van der Waals surface area contributed by atoms with Crippen LogP contribution in [0.1, 0.15) is 59.8 Å². The van der Waals surface area contributed by atoms with Gasteiger partial charge < -0.3 is 0 Å². The maximum atomic E-state index is 12.1. The third kappa shape index (κ3) is 4.53. The van der Waals surface area contributed by atoms with Gasteiger partial charge in [0.1, 0.15) is 5.54 Å². The van der Waals surface area contributed by atoms with Crippen molar-refractivity contribution in [2.24, 2.45) is 5.41 Å². The van der Waals surface area contributed by atoms with Crippen LogP contribution >= 0.6 is 0 Å². The number of carbonyl (C=O) groups is 2. The predicted molar refractivity (Wildman–Crippen MR) is 81.3 cm³/mol. The molecule has 118 valence electrons. The molecule has 21 heavy (non-hydrogen) atoms. The topological polar surface area (TPSA) is 73.2 Å². The summed E-state index contributed by atoms with van der Waals surface area (Å²) < 4.78 is 0. The number of hydrogen-bond acceptors (Lipinski definition) is 4. The molecule has 0 saturated carbocycles. The van der Waals surface area contributed by atoms with Crippen molar-refractivity contribution in [3.63, 3.8) is 0 Å². The second-order valence-corrected chi connectivity index (χ2v) is 6.74. The van der Waals surface area contributed by atoms with Gasteiger partial charge in [0.2, 0.25) is 11.8 Å². The van der Waals surface area contributed by atoms with E-state index in [9.17, 15) is 14.9 Å². The summed E-state index contributed by atoms with van der Waals surface area (Å²) in [4.78, 5) is 25.3. The molecule has 5 nitrogen and oxygen atoms in total. The maximum absolute atomic E-state index is 12.1. The minimum absolute atomic E-state index is 0.0698. The molecule has 1 heterocycles. The van der Waals surface area contributed by atoms with Crippen LogP contribution in [0.2, 0.25) is 0 Å². The van der Waals surface area contributed by atoms with Crippen LogP contribution in [0.4, 0.5) is 0 Å². The normalized spacial score (nSPS) is 20.4. The molecular weight excluding hydrogens is 266 g/mol. The number of amides is 2. The summed E-state index contributed by atoms with van der Waals surface area (Å²) >= 11 is 0. The van der Waals surface area contributed by atoms with Gasteiger partial charge in [0, 0.05) is 13.0 Å². The van der Waals surface area contributed by atoms with Gasteiger partial charge in [0.05, 0.1) is 11.5 Å². The van der Waals surface area contributed by atoms with E-state index in [0.29, 0.717) is 13.0 Å². The molecule has 1 atom stereocenters. The van der Waals surface area contributed by atoms with Gasteiger partial charge in [-0.1, -0.05) is 20.8 Å². The van der Waals surface area contributed by atoms with Crippen molar-refractivity contribution in [1.82, 2.24) is 10.2 Å². The SMILES string of the molecule is CCCNC(C)(C#N)CCCCN1C(=O)CC(C)(C)C1=O. The van der Waals surface area contributed by atoms with Gasteiger partial charge in [-0.25, -0.2) is 0 Å². The second-order valence-electron chi connectivity index (χ2n) is 6.74. The first kappa shape index (κ1) is 17.6. The summed E-state index contributed by atoms with van der Waals surface area (Å²) in [5.41, 5.74) is -1.07. The molecule has 0 spiro atoms. The highest BCUT2D eigenvalue weighted by atomic mass is 16.2. The Balaban J connectivity index is 2.39. The summed E-state index contributed by atoms with van der Waals surface area (Å²) in [6, 6.07) is 2.31. The highest BCUT2D eigenvalue weighted by Crippen LogP contribution is 2.31. The Bertz CT molecular complexity index is 439. The number of likely N-dealkylation sites (tertiary alicyclic amines) is 1. The van der Waals surface area contributed by atoms with Crippen molar-refractivity contribution in [3.8, 4) is 6.07 Å². The average molecular weight is 293 g/mol. The lowest BCUT2D eigenvalue weighted by Crippen LogP contribution is -2.41. The number of rotatable bonds is 8. The minimum Gasteiger partial charge on any atom is -0.300 e. The second kappa shape index (κ2) is 7.04. The highest BCUT2D eigenvalue weighted by molar-refractivity contribution is 6.05. The van der Waals surface area contributed by atoms with Crippen molar-refractivity contribution in [1.29, 1.82) is 5.26 Å². The van der Waals surface area contributed by atoms with Crippen molar-refractivity contribution >= 4 is 11.8 Å². The Morgan fingerprint density at radius 1 is 1.38 bits per heavy atom. The van der Waals surface area contributed by atoms with E-state index in [1.165, 1.54) is 4.90 Å². The first-order valence-corrected chi connectivity index (χ1v) is 7.77. The molecule has 1 rings (SSSR count). The van der Waals surface area contributed by atoms with Crippen molar-refractivity contribution in [2.75, 3.05) is 13.1 Å². The number of nitriles is 1. The van der Waals surface area contributed by atoms with Crippen LogP contribution in [0.15, 0.2) is 0 Å². The van der Waals surface area contributed by atoms with Crippen LogP contribution in [0.3, 0.4) is 0 Å². The number of unbranched alkanes of at least 4 members (excludes halogenated alkanes) is 1. The first-order chi connectivity index (χ1) is 9.75. The molecule has 0 aromatic rings. The van der Waals surface area contributed by atoms with Crippen LogP contribution in [0, 0.1) is 16.7 Å². The molecule has 1 saturated heterocycles. The predicted octanol–water partition coefficient (Wildman–Crippen LogP) is 2.22. The Hall–Kier alpha value is -1.41. The van der Waals surface area contributed by atoms with E-state index in [-0.39, 0.29) is 11.8 Å². The lowest BCUT2D eigenvalue weighted by molar-refractivity contribution is -0.140. The number of nitrogens with zero attached hydrogens (tertiary/aromatic N) is 2. The maximum Gasteiger partial charge on any atom is 0.235 e. The average Bonchev–Trinajstić information content (AvgIpc) is 2.62. The lowest BCUT2D eigenvalue weighted by atomic mass is 9.92. The van der Waals surface area contributed by atoms with Crippen LogP contribution in [-0.4, -0.2) is 35.3 Å². The Morgan fingerprint density at radius 3 is 2.52 bits per heavy atom. The molecular formula is C16H27N3O2. The number of carbonyl (C=O) groups excluding carboxylic acids is 2. The fourth-order valence-corrected chi connectivity index (χ4v) is 2.59. The van der Waals surface area contributed by atoms with Crippen LogP contribution in [-0.2, 0) is 9.59 Å². The van der Waals surface area contributed by atoms with E-state index < -0.39 is 11.0 Å². The highest BCUT2D eigenvalue weighted by Gasteiger charge is 2.44. The zero-order chi connectivity index (χ0) is 16.1. The van der Waals surface area contributed by atoms with Crippen molar-refractivity contribution in [3.05, 3.63) is 0 Å². The van der Waals surface area contributed by atoms with Crippen LogP contribution in [0.25, 0.3) is 0 Å². The number of imide groups is 1. The zero-order valence-corrected chi connectivity index (χ0v) is 13.7. The molecule has 0 bridgehead atoms. The van der Waals surface area contributed by atoms with Crippen LogP contribution < -0.4 is 5.32 Å². The molecule has 1 fully saturated rings. The molecule has 0 aromatic heterocycles. The van der Waals surface area contributed by atoms with E-state index in [0.717, 1.165) is 32.2 Å². The monoisotopic (exact) mass is 293 g/mol. The summed E-state index contributed by atoms with van der Waals surface area (Å²) in [5.74, 6) is -0.142. The van der Waals surface area contributed by atoms with Gasteiger partial charge in [-0.3, -0.25) is 19.8 Å². The fraction of sp³-hybridized carbons (Fsp3) is 0.812. The largest absolute Gasteiger partial charge is 0.300 e. The minimum atomic E-state index is -0.555. The van der Waals surface area contributed by atoms with Gasteiger partial charge in [0.15, 0.2) is 0 Å². The van der Waals surface area contributed by atoms with E-state index >= 15 is 0 Å². The first-order valence-electron chi connectivity index (χ1n) is 7.77. The van der Waals surface area contributed by atoms with E-state index in [1.54, 1.807) is 0 Å². The Labute approximate surface area is 127 Å². The lowest BCUT2D eigenvalue weighted by Gasteiger charge is -2.23. The number of hydrogen-bond donors (Lipinski definition) is 1. The molecule has 0 aromatic carbocycles. The summed E-state index contributed by atoms with van der Waals surface area (Å²) in [6.45, 7) is 8.89. The Morgan fingerprint density at radius 2 is 2.05 bits per heavy atom. The van der Waals surface area contributed by atoms with Crippen LogP contribution in [0.5, 0.6) is 0 Å². The summed E-state index contributed by atoms with van der Waals surface area (Å²) in [7, 11) is 0. The molecule has 2 amide bonds. The number of nitrogens with one attached hydrogen (secondary N) is 1. The quantitative estimate of drug-likeness (QED) is 0.550. The molecule has 0 aliphatic carbocycles. The van der Waals surface area contributed by atoms with Gasteiger partial charge >= 0.3 is 0 Å². The van der Waals surface area contributed by atoms with E-state index in [4.69, 9.17) is 0 Å². The zero-order valence-electron chi connectivity index (χ0n) is 13.7. The van der Waals surface area contributed by atoms with Crippen molar-refractivity contribution < 1.29 is 9.59 Å². The standard InChI is InChI=1S/C16H27N3O2/c1-5-9-18-16(4,12-17)8-6-7-10-19-13(20)11-15(2,3)14(19)21/h18H,5-11H2,1-4H3. The Kier molecular flexibility index (Phi) is 5.91. The molecule has 1 aliphatic rings. The smallest absolute Gasteiger partial charge is 0.235 e. The fourth-order valence-electron chi connectivity index (χ4n) is 2.59. The van der Waals surface area contributed by atoms with Gasteiger partial charge in [-0.2, -0.15) is 5.26 Å². The third-order valence-corrected chi connectivity index (χ3v) is 4.04. The molecule has 1 aliphatic heterocycles. The summed E-state index contributed by atoms with van der Waals surface area (Å²) in [5, 5.41) is 12.5. The molecule has 1 unspecified atom stereocenters. The third-order valence-electron chi connectivity index (χ3n) is 4.04. The van der Waals surface area contributed by atoms with Gasteiger partial charge in [-0.15, -0.1) is 0 Å².